The van der Waals surface area contributed by atoms with Crippen LogP contribution in [0.15, 0.2) is 48.7 Å². The molecular formula is C15H12N6. The molecule has 21 heavy (non-hydrogen) atoms. The standard InChI is InChI=1S/C15H12N6/c16-10-12-4-3-5-13(8-12)11-21-15(18-19-20-21)9-14-6-1-2-7-17-14/h1-8H,9,11H2. The molecule has 0 spiro atoms. The number of tetrazole rings is 1. The minimum Gasteiger partial charge on any atom is -0.261 e. The fourth-order valence-corrected chi connectivity index (χ4v) is 2.05. The summed E-state index contributed by atoms with van der Waals surface area (Å²) in [6.07, 6.45) is 2.33. The third-order valence-electron chi connectivity index (χ3n) is 3.06. The van der Waals surface area contributed by atoms with Gasteiger partial charge in [0.15, 0.2) is 5.82 Å². The summed E-state index contributed by atoms with van der Waals surface area (Å²) in [7, 11) is 0. The van der Waals surface area contributed by atoms with E-state index >= 15 is 0 Å². The van der Waals surface area contributed by atoms with Crippen LogP contribution in [-0.4, -0.2) is 25.2 Å². The van der Waals surface area contributed by atoms with Crippen molar-refractivity contribution in [1.29, 1.82) is 5.26 Å². The second kappa shape index (κ2) is 5.92. The molecule has 3 aromatic rings. The van der Waals surface area contributed by atoms with Gasteiger partial charge in [0.2, 0.25) is 0 Å². The summed E-state index contributed by atoms with van der Waals surface area (Å²) < 4.78 is 1.73. The molecule has 2 aromatic heterocycles. The maximum atomic E-state index is 8.93. The predicted octanol–water partition coefficient (Wildman–Crippen LogP) is 1.58. The first-order valence-electron chi connectivity index (χ1n) is 6.49. The topological polar surface area (TPSA) is 80.3 Å². The molecule has 0 aliphatic carbocycles. The zero-order valence-electron chi connectivity index (χ0n) is 11.2. The molecule has 0 aliphatic heterocycles. The highest BCUT2D eigenvalue weighted by molar-refractivity contribution is 5.32. The van der Waals surface area contributed by atoms with Gasteiger partial charge in [-0.2, -0.15) is 5.26 Å². The van der Waals surface area contributed by atoms with Crippen LogP contribution in [0.5, 0.6) is 0 Å². The zero-order valence-corrected chi connectivity index (χ0v) is 11.2. The molecule has 0 saturated heterocycles. The normalized spacial score (nSPS) is 10.2. The van der Waals surface area contributed by atoms with Crippen molar-refractivity contribution >= 4 is 0 Å². The fourth-order valence-electron chi connectivity index (χ4n) is 2.05. The Balaban J connectivity index is 1.81. The molecule has 0 amide bonds. The summed E-state index contributed by atoms with van der Waals surface area (Å²) in [4.78, 5) is 4.28. The molecule has 0 saturated carbocycles. The van der Waals surface area contributed by atoms with Gasteiger partial charge in [0, 0.05) is 11.9 Å². The Morgan fingerprint density at radius 3 is 2.90 bits per heavy atom. The van der Waals surface area contributed by atoms with Gasteiger partial charge in [0.25, 0.3) is 0 Å². The quantitative estimate of drug-likeness (QED) is 0.722. The molecule has 102 valence electrons. The Morgan fingerprint density at radius 2 is 2.10 bits per heavy atom. The maximum absolute atomic E-state index is 8.93. The zero-order chi connectivity index (χ0) is 14.5. The molecule has 0 fully saturated rings. The molecular weight excluding hydrogens is 264 g/mol. The molecule has 6 nitrogen and oxygen atoms in total. The number of rotatable bonds is 4. The number of benzene rings is 1. The first-order valence-corrected chi connectivity index (χ1v) is 6.49. The number of nitrogens with zero attached hydrogens (tertiary/aromatic N) is 6. The first kappa shape index (κ1) is 12.9. The third-order valence-corrected chi connectivity index (χ3v) is 3.06. The highest BCUT2D eigenvalue weighted by atomic mass is 15.5. The Kier molecular flexibility index (Phi) is 3.65. The van der Waals surface area contributed by atoms with Gasteiger partial charge in [-0.1, -0.05) is 18.2 Å². The molecule has 1 aromatic carbocycles. The third kappa shape index (κ3) is 3.09. The number of hydrogen-bond acceptors (Lipinski definition) is 5. The lowest BCUT2D eigenvalue weighted by Crippen LogP contribution is -2.08. The minimum absolute atomic E-state index is 0.532. The van der Waals surface area contributed by atoms with Gasteiger partial charge in [-0.05, 0) is 40.3 Å². The van der Waals surface area contributed by atoms with E-state index in [1.54, 1.807) is 16.9 Å². The van der Waals surface area contributed by atoms with E-state index in [1.165, 1.54) is 0 Å². The van der Waals surface area contributed by atoms with Crippen LogP contribution in [0.2, 0.25) is 0 Å². The van der Waals surface area contributed by atoms with Gasteiger partial charge >= 0.3 is 0 Å². The van der Waals surface area contributed by atoms with E-state index in [9.17, 15) is 0 Å². The summed E-state index contributed by atoms with van der Waals surface area (Å²) in [5, 5.41) is 20.7. The lowest BCUT2D eigenvalue weighted by Gasteiger charge is -2.05. The van der Waals surface area contributed by atoms with Crippen LogP contribution in [0.1, 0.15) is 22.6 Å². The Bertz CT molecular complexity index is 772. The molecule has 0 aliphatic rings. The predicted molar refractivity (Wildman–Crippen MR) is 75.1 cm³/mol. The smallest absolute Gasteiger partial charge is 0.157 e. The monoisotopic (exact) mass is 276 g/mol. The first-order chi connectivity index (χ1) is 10.3. The van der Waals surface area contributed by atoms with Crippen LogP contribution in [0.25, 0.3) is 0 Å². The van der Waals surface area contributed by atoms with E-state index in [2.05, 4.69) is 26.6 Å². The molecule has 0 radical (unpaired) electrons. The second-order valence-electron chi connectivity index (χ2n) is 4.56. The van der Waals surface area contributed by atoms with E-state index in [1.807, 2.05) is 36.4 Å². The van der Waals surface area contributed by atoms with E-state index in [0.29, 0.717) is 18.5 Å². The SMILES string of the molecule is N#Cc1cccc(Cn2nnnc2Cc2ccccn2)c1. The molecule has 6 heteroatoms. The lowest BCUT2D eigenvalue weighted by molar-refractivity contribution is 0.623. The van der Waals surface area contributed by atoms with Crippen molar-refractivity contribution in [3.8, 4) is 6.07 Å². The highest BCUT2D eigenvalue weighted by Gasteiger charge is 2.08. The molecule has 3 rings (SSSR count). The largest absolute Gasteiger partial charge is 0.261 e. The van der Waals surface area contributed by atoms with Gasteiger partial charge in [-0.25, -0.2) is 4.68 Å². The van der Waals surface area contributed by atoms with Crippen molar-refractivity contribution in [2.45, 2.75) is 13.0 Å². The van der Waals surface area contributed by atoms with E-state index in [4.69, 9.17) is 5.26 Å². The van der Waals surface area contributed by atoms with E-state index < -0.39 is 0 Å². The van der Waals surface area contributed by atoms with Gasteiger partial charge in [-0.15, -0.1) is 5.10 Å². The number of aromatic nitrogens is 5. The van der Waals surface area contributed by atoms with Crippen molar-refractivity contribution in [1.82, 2.24) is 25.2 Å². The minimum atomic E-state index is 0.532. The number of nitriles is 1. The summed E-state index contributed by atoms with van der Waals surface area (Å²) in [6, 6.07) is 15.3. The van der Waals surface area contributed by atoms with Gasteiger partial charge in [0.1, 0.15) is 0 Å². The Morgan fingerprint density at radius 1 is 1.14 bits per heavy atom. The fraction of sp³-hybridized carbons (Fsp3) is 0.133. The summed E-state index contributed by atoms with van der Waals surface area (Å²) in [5.74, 6) is 0.746. The molecule has 0 bridgehead atoms. The average molecular weight is 276 g/mol. The van der Waals surface area contributed by atoms with Crippen LogP contribution in [-0.2, 0) is 13.0 Å². The summed E-state index contributed by atoms with van der Waals surface area (Å²) >= 11 is 0. The van der Waals surface area contributed by atoms with Crippen LogP contribution < -0.4 is 0 Å². The summed E-state index contributed by atoms with van der Waals surface area (Å²) in [5.41, 5.74) is 2.54. The number of hydrogen-bond donors (Lipinski definition) is 0. The lowest BCUT2D eigenvalue weighted by atomic mass is 10.1. The van der Waals surface area contributed by atoms with Crippen LogP contribution in [0.4, 0.5) is 0 Å². The number of pyridine rings is 1. The van der Waals surface area contributed by atoms with Crippen LogP contribution in [0, 0.1) is 11.3 Å². The van der Waals surface area contributed by atoms with Crippen molar-refractivity contribution < 1.29 is 0 Å². The molecule has 0 unspecified atom stereocenters. The van der Waals surface area contributed by atoms with Gasteiger partial charge in [0.05, 0.1) is 24.6 Å². The van der Waals surface area contributed by atoms with E-state index in [-0.39, 0.29) is 0 Å². The average Bonchev–Trinajstić information content (AvgIpc) is 2.95. The molecule has 0 N–H and O–H groups in total. The Labute approximate surface area is 121 Å². The Hall–Kier alpha value is -3.07. The van der Waals surface area contributed by atoms with Gasteiger partial charge in [-0.3, -0.25) is 4.98 Å². The van der Waals surface area contributed by atoms with Crippen molar-refractivity contribution in [3.05, 3.63) is 71.3 Å². The maximum Gasteiger partial charge on any atom is 0.157 e. The van der Waals surface area contributed by atoms with Crippen molar-refractivity contribution in [2.75, 3.05) is 0 Å². The van der Waals surface area contributed by atoms with E-state index in [0.717, 1.165) is 17.1 Å². The van der Waals surface area contributed by atoms with Crippen LogP contribution in [0.3, 0.4) is 0 Å². The van der Waals surface area contributed by atoms with Crippen LogP contribution >= 0.6 is 0 Å². The summed E-state index contributed by atoms with van der Waals surface area (Å²) in [6.45, 7) is 0.532. The molecule has 0 atom stereocenters. The van der Waals surface area contributed by atoms with Gasteiger partial charge < -0.3 is 0 Å². The second-order valence-corrected chi connectivity index (χ2v) is 4.56. The van der Waals surface area contributed by atoms with Crippen molar-refractivity contribution in [3.63, 3.8) is 0 Å². The van der Waals surface area contributed by atoms with Crippen molar-refractivity contribution in [2.24, 2.45) is 0 Å². The highest BCUT2D eigenvalue weighted by Crippen LogP contribution is 2.08. The molecule has 2 heterocycles.